The fourth-order valence-electron chi connectivity index (χ4n) is 1.44. The topological polar surface area (TPSA) is 89.2 Å². The first kappa shape index (κ1) is 14.8. The number of anilines is 1. The van der Waals surface area contributed by atoms with Crippen LogP contribution in [0.25, 0.3) is 0 Å². The molecule has 1 heterocycles. The van der Waals surface area contributed by atoms with Crippen molar-refractivity contribution in [2.45, 2.75) is 14.8 Å². The second-order valence-corrected chi connectivity index (χ2v) is 7.35. The van der Waals surface area contributed by atoms with E-state index in [0.717, 1.165) is 9.20 Å². The van der Waals surface area contributed by atoms with E-state index >= 15 is 0 Å². The predicted molar refractivity (Wildman–Crippen MR) is 77.9 cm³/mol. The van der Waals surface area contributed by atoms with E-state index in [9.17, 15) is 8.42 Å². The molecule has 0 radical (unpaired) electrons. The molecule has 0 saturated carbocycles. The predicted octanol–water partition coefficient (Wildman–Crippen LogP) is 1.46. The summed E-state index contributed by atoms with van der Waals surface area (Å²) in [5.41, 5.74) is 6.31. The van der Waals surface area contributed by atoms with Crippen molar-refractivity contribution in [1.82, 2.24) is 14.3 Å². The Morgan fingerprint density at radius 2 is 2.00 bits per heavy atom. The second kappa shape index (κ2) is 5.78. The largest absolute Gasteiger partial charge is 0.398 e. The Morgan fingerprint density at radius 1 is 1.25 bits per heavy atom. The molecule has 6 nitrogen and oxygen atoms in total. The summed E-state index contributed by atoms with van der Waals surface area (Å²) in [7, 11) is -0.513. The van der Waals surface area contributed by atoms with Gasteiger partial charge < -0.3 is 5.73 Å². The van der Waals surface area contributed by atoms with Crippen molar-refractivity contribution >= 4 is 27.5 Å². The van der Waals surface area contributed by atoms with Gasteiger partial charge in [0.05, 0.1) is 11.1 Å². The molecule has 0 aliphatic heterocycles. The number of nitrogen functional groups attached to an aromatic ring is 1. The molecule has 0 atom stereocenters. The molecule has 0 fully saturated rings. The maximum atomic E-state index is 12.0. The van der Waals surface area contributed by atoms with Crippen LogP contribution < -0.4 is 5.73 Å². The third-order valence-electron chi connectivity index (χ3n) is 2.51. The third-order valence-corrected chi connectivity index (χ3v) is 5.34. The molecule has 0 unspecified atom stereocenters. The summed E-state index contributed by atoms with van der Waals surface area (Å²) in [6.45, 7) is 0. The van der Waals surface area contributed by atoms with Crippen LogP contribution in [-0.4, -0.2) is 36.8 Å². The molecule has 106 valence electrons. The van der Waals surface area contributed by atoms with E-state index in [2.05, 4.69) is 9.97 Å². The maximum Gasteiger partial charge on any atom is 0.242 e. The zero-order chi connectivity index (χ0) is 14.8. The summed E-state index contributed by atoms with van der Waals surface area (Å²) in [5, 5.41) is 0.697. The van der Waals surface area contributed by atoms with Crippen LogP contribution in [0.5, 0.6) is 0 Å². The highest BCUT2D eigenvalue weighted by molar-refractivity contribution is 7.99. The standard InChI is InChI=1S/C12H14N4O2S2/c1-16(2)20(17,18)9-3-4-11(10(13)7-9)19-12-8-14-5-6-15-12/h3-8H,13H2,1-2H3. The number of aromatic nitrogens is 2. The smallest absolute Gasteiger partial charge is 0.242 e. The Bertz CT molecular complexity index is 703. The van der Waals surface area contributed by atoms with Crippen LogP contribution in [0.2, 0.25) is 0 Å². The fraction of sp³-hybridized carbons (Fsp3) is 0.167. The first-order chi connectivity index (χ1) is 9.41. The summed E-state index contributed by atoms with van der Waals surface area (Å²) >= 11 is 1.33. The minimum atomic E-state index is -3.47. The molecule has 0 amide bonds. The zero-order valence-electron chi connectivity index (χ0n) is 11.0. The van der Waals surface area contributed by atoms with E-state index in [1.54, 1.807) is 24.7 Å². The normalized spacial score (nSPS) is 11.8. The fourth-order valence-corrected chi connectivity index (χ4v) is 3.14. The van der Waals surface area contributed by atoms with Crippen LogP contribution in [0.3, 0.4) is 0 Å². The van der Waals surface area contributed by atoms with Crippen LogP contribution in [0.4, 0.5) is 5.69 Å². The highest BCUT2D eigenvalue weighted by Gasteiger charge is 2.18. The van der Waals surface area contributed by atoms with Crippen LogP contribution in [0.15, 0.2) is 51.6 Å². The van der Waals surface area contributed by atoms with Crippen molar-refractivity contribution in [3.63, 3.8) is 0 Å². The van der Waals surface area contributed by atoms with Gasteiger partial charge in [0, 0.05) is 37.1 Å². The molecule has 0 saturated heterocycles. The van der Waals surface area contributed by atoms with Crippen molar-refractivity contribution in [3.05, 3.63) is 36.8 Å². The molecular weight excluding hydrogens is 296 g/mol. The summed E-state index contributed by atoms with van der Waals surface area (Å²) in [6, 6.07) is 4.66. The Morgan fingerprint density at radius 3 is 2.55 bits per heavy atom. The quantitative estimate of drug-likeness (QED) is 0.860. The molecule has 0 aliphatic rings. The van der Waals surface area contributed by atoms with Gasteiger partial charge in [-0.25, -0.2) is 17.7 Å². The van der Waals surface area contributed by atoms with E-state index < -0.39 is 10.0 Å². The summed E-state index contributed by atoms with van der Waals surface area (Å²) in [6.07, 6.45) is 4.79. The zero-order valence-corrected chi connectivity index (χ0v) is 12.6. The van der Waals surface area contributed by atoms with Crippen molar-refractivity contribution in [3.8, 4) is 0 Å². The lowest BCUT2D eigenvalue weighted by atomic mass is 10.3. The maximum absolute atomic E-state index is 12.0. The number of hydrogen-bond donors (Lipinski definition) is 1. The lowest BCUT2D eigenvalue weighted by Crippen LogP contribution is -2.22. The number of nitrogens with zero attached hydrogens (tertiary/aromatic N) is 3. The van der Waals surface area contributed by atoms with E-state index in [0.29, 0.717) is 10.7 Å². The summed E-state index contributed by atoms with van der Waals surface area (Å²) in [4.78, 5) is 9.01. The van der Waals surface area contributed by atoms with E-state index in [1.165, 1.54) is 38.0 Å². The third kappa shape index (κ3) is 3.09. The molecule has 2 rings (SSSR count). The van der Waals surface area contributed by atoms with Crippen LogP contribution >= 0.6 is 11.8 Å². The number of benzene rings is 1. The average Bonchev–Trinajstić information content (AvgIpc) is 2.42. The van der Waals surface area contributed by atoms with Crippen molar-refractivity contribution in [1.29, 1.82) is 0 Å². The first-order valence-electron chi connectivity index (χ1n) is 5.67. The molecule has 0 aliphatic carbocycles. The van der Waals surface area contributed by atoms with Gasteiger partial charge in [0.15, 0.2) is 0 Å². The van der Waals surface area contributed by atoms with Crippen molar-refractivity contribution in [2.75, 3.05) is 19.8 Å². The number of hydrogen-bond acceptors (Lipinski definition) is 6. The molecule has 0 spiro atoms. The molecular formula is C12H14N4O2S2. The van der Waals surface area contributed by atoms with Gasteiger partial charge >= 0.3 is 0 Å². The van der Waals surface area contributed by atoms with E-state index in [-0.39, 0.29) is 4.90 Å². The lowest BCUT2D eigenvalue weighted by molar-refractivity contribution is 0.520. The average molecular weight is 310 g/mol. The Kier molecular flexibility index (Phi) is 4.26. The molecule has 20 heavy (non-hydrogen) atoms. The number of rotatable bonds is 4. The molecule has 0 bridgehead atoms. The van der Waals surface area contributed by atoms with E-state index in [4.69, 9.17) is 5.73 Å². The van der Waals surface area contributed by atoms with Gasteiger partial charge in [-0.1, -0.05) is 11.8 Å². The van der Waals surface area contributed by atoms with Gasteiger partial charge in [-0.2, -0.15) is 0 Å². The van der Waals surface area contributed by atoms with Crippen molar-refractivity contribution in [2.24, 2.45) is 0 Å². The van der Waals surface area contributed by atoms with E-state index in [1.807, 2.05) is 0 Å². The Balaban J connectivity index is 2.32. The lowest BCUT2D eigenvalue weighted by Gasteiger charge is -2.13. The molecule has 2 N–H and O–H groups in total. The monoisotopic (exact) mass is 310 g/mol. The minimum Gasteiger partial charge on any atom is -0.398 e. The molecule has 1 aromatic carbocycles. The van der Waals surface area contributed by atoms with Crippen LogP contribution in [0.1, 0.15) is 0 Å². The van der Waals surface area contributed by atoms with Crippen LogP contribution in [-0.2, 0) is 10.0 Å². The minimum absolute atomic E-state index is 0.170. The first-order valence-corrected chi connectivity index (χ1v) is 7.93. The molecule has 8 heteroatoms. The number of nitrogens with two attached hydrogens (primary N) is 1. The molecule has 1 aromatic heterocycles. The van der Waals surface area contributed by atoms with Gasteiger partial charge in [-0.05, 0) is 18.2 Å². The van der Waals surface area contributed by atoms with Crippen molar-refractivity contribution < 1.29 is 8.42 Å². The summed E-state index contributed by atoms with van der Waals surface area (Å²) < 4.78 is 25.1. The van der Waals surface area contributed by atoms with Gasteiger partial charge in [-0.15, -0.1) is 0 Å². The van der Waals surface area contributed by atoms with Gasteiger partial charge in [0.2, 0.25) is 10.0 Å². The second-order valence-electron chi connectivity index (χ2n) is 4.13. The number of sulfonamides is 1. The highest BCUT2D eigenvalue weighted by Crippen LogP contribution is 2.32. The summed E-state index contributed by atoms with van der Waals surface area (Å²) in [5.74, 6) is 0. The van der Waals surface area contributed by atoms with Gasteiger partial charge in [-0.3, -0.25) is 4.98 Å². The Hall–Kier alpha value is -1.64. The molecule has 2 aromatic rings. The van der Waals surface area contributed by atoms with Crippen LogP contribution in [0, 0.1) is 0 Å². The van der Waals surface area contributed by atoms with Gasteiger partial charge in [0.1, 0.15) is 5.03 Å². The Labute approximate surface area is 122 Å². The SMILES string of the molecule is CN(C)S(=O)(=O)c1ccc(Sc2cnccn2)c(N)c1. The highest BCUT2D eigenvalue weighted by atomic mass is 32.2. The van der Waals surface area contributed by atoms with Gasteiger partial charge in [0.25, 0.3) is 0 Å².